The molecule has 0 radical (unpaired) electrons. The van der Waals surface area contributed by atoms with Crippen LogP contribution in [0.3, 0.4) is 0 Å². The van der Waals surface area contributed by atoms with E-state index in [0.717, 1.165) is 25.1 Å². The minimum atomic E-state index is 0.164. The van der Waals surface area contributed by atoms with Crippen molar-refractivity contribution in [1.82, 2.24) is 10.0 Å². The molecule has 1 aromatic carbocycles. The summed E-state index contributed by atoms with van der Waals surface area (Å²) in [6.45, 7) is 2.39. The Morgan fingerprint density at radius 2 is 2.33 bits per heavy atom. The number of hydroxylamine groups is 2. The van der Waals surface area contributed by atoms with Crippen LogP contribution in [0.2, 0.25) is 0 Å². The lowest BCUT2D eigenvalue weighted by Gasteiger charge is -2.27. The van der Waals surface area contributed by atoms with Crippen molar-refractivity contribution in [3.05, 3.63) is 36.0 Å². The Morgan fingerprint density at radius 1 is 1.39 bits per heavy atom. The molecule has 18 heavy (non-hydrogen) atoms. The van der Waals surface area contributed by atoms with Crippen LogP contribution in [-0.4, -0.2) is 36.9 Å². The molecule has 0 spiro atoms. The molecule has 0 aliphatic carbocycles. The molecule has 4 heteroatoms. The first-order chi connectivity index (χ1) is 8.90. The van der Waals surface area contributed by atoms with E-state index in [1.165, 1.54) is 10.9 Å². The Morgan fingerprint density at radius 3 is 3.22 bits per heavy atom. The summed E-state index contributed by atoms with van der Waals surface area (Å²) in [5.74, 6) is 0. The van der Waals surface area contributed by atoms with Crippen molar-refractivity contribution in [2.24, 2.45) is 0 Å². The van der Waals surface area contributed by atoms with E-state index < -0.39 is 0 Å². The summed E-state index contributed by atoms with van der Waals surface area (Å²) in [6, 6.07) is 8.60. The number of ether oxygens (including phenoxy) is 1. The second-order valence-corrected chi connectivity index (χ2v) is 4.55. The molecule has 2 heterocycles. The van der Waals surface area contributed by atoms with Crippen LogP contribution in [0.15, 0.2) is 30.5 Å². The van der Waals surface area contributed by atoms with Gasteiger partial charge in [-0.1, -0.05) is 12.1 Å². The summed E-state index contributed by atoms with van der Waals surface area (Å²) < 4.78 is 5.69. The number of nitrogens with one attached hydrogen (secondary N) is 1. The fourth-order valence-corrected chi connectivity index (χ4v) is 2.62. The highest BCUT2D eigenvalue weighted by atomic mass is 16.7. The van der Waals surface area contributed by atoms with E-state index in [0.29, 0.717) is 6.61 Å². The second-order valence-electron chi connectivity index (χ2n) is 4.55. The zero-order chi connectivity index (χ0) is 12.4. The molecule has 4 nitrogen and oxygen atoms in total. The average molecular weight is 246 g/mol. The number of aromatic nitrogens is 1. The third-order valence-electron chi connectivity index (χ3n) is 3.51. The Hall–Kier alpha value is -1.36. The van der Waals surface area contributed by atoms with Crippen LogP contribution in [0.25, 0.3) is 10.9 Å². The Bertz CT molecular complexity index is 523. The van der Waals surface area contributed by atoms with E-state index in [-0.39, 0.29) is 6.04 Å². The smallest absolute Gasteiger partial charge is 0.0842 e. The summed E-state index contributed by atoms with van der Waals surface area (Å²) in [5.41, 5.74) is 2.42. The van der Waals surface area contributed by atoms with E-state index in [1.54, 1.807) is 7.11 Å². The van der Waals surface area contributed by atoms with Gasteiger partial charge in [0.05, 0.1) is 19.8 Å². The molecule has 1 N–H and O–H groups in total. The first kappa shape index (κ1) is 11.7. The largest absolute Gasteiger partial charge is 0.379 e. The number of H-pyrrole nitrogens is 1. The average Bonchev–Trinajstić information content (AvgIpc) is 2.76. The molecule has 96 valence electrons. The number of fused-ring (bicyclic) bond motifs is 1. The van der Waals surface area contributed by atoms with Gasteiger partial charge in [-0.25, -0.2) is 0 Å². The molecule has 2 aromatic rings. The van der Waals surface area contributed by atoms with Crippen LogP contribution in [0.4, 0.5) is 0 Å². The number of benzene rings is 1. The highest BCUT2D eigenvalue weighted by Crippen LogP contribution is 2.29. The third kappa shape index (κ3) is 2.03. The highest BCUT2D eigenvalue weighted by molar-refractivity contribution is 5.83. The summed E-state index contributed by atoms with van der Waals surface area (Å²) in [4.78, 5) is 8.75. The lowest BCUT2D eigenvalue weighted by Crippen LogP contribution is -2.29. The molecule has 1 atom stereocenters. The molecular weight excluding hydrogens is 228 g/mol. The molecule has 1 unspecified atom stereocenters. The summed E-state index contributed by atoms with van der Waals surface area (Å²) in [7, 11) is 1.73. The van der Waals surface area contributed by atoms with Gasteiger partial charge in [0.1, 0.15) is 0 Å². The van der Waals surface area contributed by atoms with E-state index in [1.807, 2.05) is 11.3 Å². The molecule has 0 amide bonds. The van der Waals surface area contributed by atoms with Gasteiger partial charge in [0.2, 0.25) is 0 Å². The van der Waals surface area contributed by atoms with Crippen molar-refractivity contribution in [3.63, 3.8) is 0 Å². The number of hydrogen-bond acceptors (Lipinski definition) is 3. The van der Waals surface area contributed by atoms with Crippen molar-refractivity contribution in [2.75, 3.05) is 26.9 Å². The molecule has 3 rings (SSSR count). The minimum absolute atomic E-state index is 0.164. The van der Waals surface area contributed by atoms with Crippen LogP contribution >= 0.6 is 0 Å². The lowest BCUT2D eigenvalue weighted by molar-refractivity contribution is -0.164. The SMILES string of the molecule is CON1CCCOCC1c1cccc2[nH]ccc12. The summed E-state index contributed by atoms with van der Waals surface area (Å²) >= 11 is 0. The van der Waals surface area contributed by atoms with Gasteiger partial charge in [-0.3, -0.25) is 0 Å². The maximum atomic E-state index is 5.69. The molecular formula is C14H18N2O2. The zero-order valence-electron chi connectivity index (χ0n) is 10.6. The number of aromatic amines is 1. The molecule has 0 saturated carbocycles. The molecule has 1 aliphatic heterocycles. The summed E-state index contributed by atoms with van der Waals surface area (Å²) in [6.07, 6.45) is 2.98. The van der Waals surface area contributed by atoms with Gasteiger partial charge in [0.25, 0.3) is 0 Å². The monoisotopic (exact) mass is 246 g/mol. The van der Waals surface area contributed by atoms with E-state index in [9.17, 15) is 0 Å². The summed E-state index contributed by atoms with van der Waals surface area (Å²) in [5, 5.41) is 3.27. The standard InChI is InChI=1S/C14H18N2O2/c1-17-16-8-3-9-18-10-14(16)12-4-2-5-13-11(12)6-7-15-13/h2,4-7,14-15H,3,8-10H2,1H3. The van der Waals surface area contributed by atoms with E-state index >= 15 is 0 Å². The van der Waals surface area contributed by atoms with Gasteiger partial charge in [-0.05, 0) is 24.1 Å². The van der Waals surface area contributed by atoms with Gasteiger partial charge < -0.3 is 14.6 Å². The van der Waals surface area contributed by atoms with Crippen LogP contribution in [-0.2, 0) is 9.57 Å². The Kier molecular flexibility index (Phi) is 3.32. The molecule has 1 aliphatic rings. The molecule has 0 bridgehead atoms. The Labute approximate surface area is 106 Å². The van der Waals surface area contributed by atoms with Gasteiger partial charge in [0, 0.05) is 30.3 Å². The van der Waals surface area contributed by atoms with Gasteiger partial charge in [-0.2, -0.15) is 5.06 Å². The number of rotatable bonds is 2. The van der Waals surface area contributed by atoms with Crippen molar-refractivity contribution in [2.45, 2.75) is 12.5 Å². The maximum absolute atomic E-state index is 5.69. The fraction of sp³-hybridized carbons (Fsp3) is 0.429. The lowest BCUT2D eigenvalue weighted by atomic mass is 10.0. The molecule has 1 saturated heterocycles. The highest BCUT2D eigenvalue weighted by Gasteiger charge is 2.24. The quantitative estimate of drug-likeness (QED) is 0.884. The zero-order valence-corrected chi connectivity index (χ0v) is 10.6. The predicted molar refractivity (Wildman–Crippen MR) is 70.2 cm³/mol. The van der Waals surface area contributed by atoms with Crippen LogP contribution in [0, 0.1) is 0 Å². The predicted octanol–water partition coefficient (Wildman–Crippen LogP) is 2.49. The maximum Gasteiger partial charge on any atom is 0.0842 e. The topological polar surface area (TPSA) is 37.5 Å². The van der Waals surface area contributed by atoms with Crippen molar-refractivity contribution in [1.29, 1.82) is 0 Å². The van der Waals surface area contributed by atoms with Gasteiger partial charge in [-0.15, -0.1) is 0 Å². The van der Waals surface area contributed by atoms with Crippen LogP contribution < -0.4 is 0 Å². The minimum Gasteiger partial charge on any atom is -0.379 e. The normalized spacial score (nSPS) is 22.2. The second kappa shape index (κ2) is 5.10. The number of hydrogen-bond donors (Lipinski definition) is 1. The Balaban J connectivity index is 2.02. The first-order valence-electron chi connectivity index (χ1n) is 6.34. The van der Waals surface area contributed by atoms with Crippen molar-refractivity contribution < 1.29 is 9.57 Å². The molecule has 1 fully saturated rings. The third-order valence-corrected chi connectivity index (χ3v) is 3.51. The van der Waals surface area contributed by atoms with Crippen molar-refractivity contribution >= 4 is 10.9 Å². The molecule has 1 aromatic heterocycles. The van der Waals surface area contributed by atoms with Gasteiger partial charge >= 0.3 is 0 Å². The first-order valence-corrected chi connectivity index (χ1v) is 6.34. The fourth-order valence-electron chi connectivity index (χ4n) is 2.62. The van der Waals surface area contributed by atoms with E-state index in [2.05, 4.69) is 29.2 Å². The number of nitrogens with zero attached hydrogens (tertiary/aromatic N) is 1. The van der Waals surface area contributed by atoms with Crippen LogP contribution in [0.1, 0.15) is 18.0 Å². The van der Waals surface area contributed by atoms with Gasteiger partial charge in [0.15, 0.2) is 0 Å². The van der Waals surface area contributed by atoms with Crippen LogP contribution in [0.5, 0.6) is 0 Å². The van der Waals surface area contributed by atoms with E-state index in [4.69, 9.17) is 9.57 Å². The van der Waals surface area contributed by atoms with Crippen molar-refractivity contribution in [3.8, 4) is 0 Å².